The van der Waals surface area contributed by atoms with Gasteiger partial charge in [-0.2, -0.15) is 5.26 Å². The number of rotatable bonds is 8. The number of para-hydroxylation sites is 2. The van der Waals surface area contributed by atoms with Crippen LogP contribution in [0.1, 0.15) is 44.0 Å². The molecule has 132 valence electrons. The highest BCUT2D eigenvalue weighted by Gasteiger charge is 2.08. The number of fused-ring (bicyclic) bond motifs is 1. The number of H-pyrrole nitrogens is 1. The third-order valence-corrected chi connectivity index (χ3v) is 4.20. The normalized spacial score (nSPS) is 11.5. The van der Waals surface area contributed by atoms with Crippen molar-refractivity contribution in [3.63, 3.8) is 0 Å². The Balaban J connectivity index is 1.74. The molecule has 3 rings (SSSR count). The predicted octanol–water partition coefficient (Wildman–Crippen LogP) is 5.59. The van der Waals surface area contributed by atoms with E-state index in [1.807, 2.05) is 54.6 Å². The van der Waals surface area contributed by atoms with Crippen LogP contribution in [0.5, 0.6) is 5.75 Å². The molecule has 0 aliphatic heterocycles. The number of aromatic nitrogens is 2. The monoisotopic (exact) mass is 345 g/mol. The summed E-state index contributed by atoms with van der Waals surface area (Å²) in [5.41, 5.74) is 3.20. The molecule has 26 heavy (non-hydrogen) atoms. The molecule has 0 amide bonds. The minimum Gasteiger partial charge on any atom is -0.494 e. The molecular formula is C22H23N3O. The second kappa shape index (κ2) is 8.87. The Labute approximate surface area is 154 Å². The summed E-state index contributed by atoms with van der Waals surface area (Å²) in [6.45, 7) is 2.92. The first-order valence-corrected chi connectivity index (χ1v) is 9.10. The molecule has 1 aromatic heterocycles. The van der Waals surface area contributed by atoms with Crippen LogP contribution in [-0.2, 0) is 0 Å². The van der Waals surface area contributed by atoms with E-state index in [-0.39, 0.29) is 0 Å². The SMILES string of the molecule is CCCCCCOc1cccc(/C=C(/C#N)c2nc3ccccc3[nH]2)c1. The van der Waals surface area contributed by atoms with Crippen LogP contribution in [0.25, 0.3) is 22.7 Å². The molecule has 0 saturated heterocycles. The van der Waals surface area contributed by atoms with Gasteiger partial charge in [-0.15, -0.1) is 0 Å². The summed E-state index contributed by atoms with van der Waals surface area (Å²) in [6.07, 6.45) is 6.56. The van der Waals surface area contributed by atoms with Gasteiger partial charge in [-0.25, -0.2) is 4.98 Å². The molecule has 2 aromatic carbocycles. The lowest BCUT2D eigenvalue weighted by atomic mass is 10.1. The molecule has 0 atom stereocenters. The van der Waals surface area contributed by atoms with Gasteiger partial charge in [0.15, 0.2) is 0 Å². The van der Waals surface area contributed by atoms with Crippen LogP contribution >= 0.6 is 0 Å². The molecule has 1 N–H and O–H groups in total. The Kier molecular flexibility index (Phi) is 6.05. The van der Waals surface area contributed by atoms with E-state index in [4.69, 9.17) is 4.74 Å². The van der Waals surface area contributed by atoms with Gasteiger partial charge in [-0.3, -0.25) is 0 Å². The molecule has 0 spiro atoms. The average molecular weight is 345 g/mol. The Hall–Kier alpha value is -3.06. The summed E-state index contributed by atoms with van der Waals surface area (Å²) in [4.78, 5) is 7.71. The van der Waals surface area contributed by atoms with E-state index in [1.54, 1.807) is 0 Å². The zero-order valence-corrected chi connectivity index (χ0v) is 15.0. The summed E-state index contributed by atoms with van der Waals surface area (Å²) < 4.78 is 5.83. The van der Waals surface area contributed by atoms with Crippen molar-refractivity contribution in [3.8, 4) is 11.8 Å². The summed E-state index contributed by atoms with van der Waals surface area (Å²) >= 11 is 0. The van der Waals surface area contributed by atoms with Crippen molar-refractivity contribution >= 4 is 22.7 Å². The molecule has 0 bridgehead atoms. The number of nitriles is 1. The molecule has 0 fully saturated rings. The minimum absolute atomic E-state index is 0.501. The van der Waals surface area contributed by atoms with E-state index in [9.17, 15) is 5.26 Å². The molecule has 4 nitrogen and oxygen atoms in total. The maximum Gasteiger partial charge on any atom is 0.149 e. The van der Waals surface area contributed by atoms with Crippen LogP contribution in [0.3, 0.4) is 0 Å². The Morgan fingerprint density at radius 3 is 2.85 bits per heavy atom. The van der Waals surface area contributed by atoms with Gasteiger partial charge in [0, 0.05) is 0 Å². The van der Waals surface area contributed by atoms with Crippen molar-refractivity contribution in [2.75, 3.05) is 6.61 Å². The van der Waals surface area contributed by atoms with Crippen LogP contribution < -0.4 is 4.74 Å². The number of unbranched alkanes of at least 4 members (excludes halogenated alkanes) is 3. The summed E-state index contributed by atoms with van der Waals surface area (Å²) in [5.74, 6) is 1.41. The molecule has 1 heterocycles. The fourth-order valence-corrected chi connectivity index (χ4v) is 2.81. The minimum atomic E-state index is 0.501. The van der Waals surface area contributed by atoms with Gasteiger partial charge in [-0.05, 0) is 42.3 Å². The number of allylic oxidation sites excluding steroid dienone is 1. The van der Waals surface area contributed by atoms with E-state index in [1.165, 1.54) is 19.3 Å². The van der Waals surface area contributed by atoms with Gasteiger partial charge < -0.3 is 9.72 Å². The molecule has 0 saturated carbocycles. The summed E-state index contributed by atoms with van der Waals surface area (Å²) in [6, 6.07) is 17.8. The van der Waals surface area contributed by atoms with Crippen molar-refractivity contribution in [1.29, 1.82) is 5.26 Å². The number of hydrogen-bond acceptors (Lipinski definition) is 3. The predicted molar refractivity (Wildman–Crippen MR) is 106 cm³/mol. The van der Waals surface area contributed by atoms with Gasteiger partial charge in [0.05, 0.1) is 23.2 Å². The van der Waals surface area contributed by atoms with E-state index in [0.29, 0.717) is 11.4 Å². The molecular weight excluding hydrogens is 322 g/mol. The second-order valence-electron chi connectivity index (χ2n) is 6.25. The maximum absolute atomic E-state index is 9.55. The lowest BCUT2D eigenvalue weighted by Gasteiger charge is -2.06. The average Bonchev–Trinajstić information content (AvgIpc) is 3.10. The number of nitrogens with one attached hydrogen (secondary N) is 1. The highest BCUT2D eigenvalue weighted by Crippen LogP contribution is 2.21. The molecule has 0 aliphatic rings. The summed E-state index contributed by atoms with van der Waals surface area (Å²) in [7, 11) is 0. The topological polar surface area (TPSA) is 61.7 Å². The smallest absolute Gasteiger partial charge is 0.149 e. The number of nitrogens with zero attached hydrogens (tertiary/aromatic N) is 2. The number of benzene rings is 2. The molecule has 0 unspecified atom stereocenters. The quantitative estimate of drug-likeness (QED) is 0.428. The highest BCUT2D eigenvalue weighted by molar-refractivity contribution is 5.90. The van der Waals surface area contributed by atoms with Crippen molar-refractivity contribution in [1.82, 2.24) is 9.97 Å². The Bertz CT molecular complexity index is 901. The lowest BCUT2D eigenvalue weighted by Crippen LogP contribution is -1.97. The van der Waals surface area contributed by atoms with Crippen molar-refractivity contribution in [2.24, 2.45) is 0 Å². The third-order valence-electron chi connectivity index (χ3n) is 4.20. The van der Waals surface area contributed by atoms with E-state index >= 15 is 0 Å². The zero-order valence-electron chi connectivity index (χ0n) is 15.0. The van der Waals surface area contributed by atoms with Gasteiger partial charge in [-0.1, -0.05) is 50.5 Å². The van der Waals surface area contributed by atoms with E-state index in [0.717, 1.165) is 35.4 Å². The maximum atomic E-state index is 9.55. The van der Waals surface area contributed by atoms with Crippen LogP contribution in [-0.4, -0.2) is 16.6 Å². The van der Waals surface area contributed by atoms with Crippen LogP contribution in [0.4, 0.5) is 0 Å². The van der Waals surface area contributed by atoms with Crippen molar-refractivity contribution in [3.05, 3.63) is 59.9 Å². The van der Waals surface area contributed by atoms with E-state index < -0.39 is 0 Å². The molecule has 0 aliphatic carbocycles. The van der Waals surface area contributed by atoms with Crippen LogP contribution in [0.2, 0.25) is 0 Å². The largest absolute Gasteiger partial charge is 0.494 e. The molecule has 0 radical (unpaired) electrons. The van der Waals surface area contributed by atoms with Gasteiger partial charge in [0.1, 0.15) is 17.6 Å². The van der Waals surface area contributed by atoms with Crippen LogP contribution in [0, 0.1) is 11.3 Å². The standard InChI is InChI=1S/C22H23N3O/c1-2-3-4-7-13-26-19-10-8-9-17(15-19)14-18(16-23)22-24-20-11-5-6-12-21(20)25-22/h5-6,8-12,14-15H,2-4,7,13H2,1H3,(H,24,25)/b18-14-. The van der Waals surface area contributed by atoms with Crippen molar-refractivity contribution < 1.29 is 4.74 Å². The first-order chi connectivity index (χ1) is 12.8. The van der Waals surface area contributed by atoms with Gasteiger partial charge in [0.2, 0.25) is 0 Å². The zero-order chi connectivity index (χ0) is 18.2. The third kappa shape index (κ3) is 4.52. The Morgan fingerprint density at radius 2 is 2.04 bits per heavy atom. The molecule has 3 aromatic rings. The van der Waals surface area contributed by atoms with Crippen molar-refractivity contribution in [2.45, 2.75) is 32.6 Å². The fourth-order valence-electron chi connectivity index (χ4n) is 2.81. The lowest BCUT2D eigenvalue weighted by molar-refractivity contribution is 0.305. The van der Waals surface area contributed by atoms with Crippen LogP contribution in [0.15, 0.2) is 48.5 Å². The second-order valence-corrected chi connectivity index (χ2v) is 6.25. The molecule has 4 heteroatoms. The van der Waals surface area contributed by atoms with Gasteiger partial charge >= 0.3 is 0 Å². The number of hydrogen-bond donors (Lipinski definition) is 1. The first-order valence-electron chi connectivity index (χ1n) is 9.10. The highest BCUT2D eigenvalue weighted by atomic mass is 16.5. The Morgan fingerprint density at radius 1 is 1.15 bits per heavy atom. The number of ether oxygens (including phenoxy) is 1. The van der Waals surface area contributed by atoms with Gasteiger partial charge in [0.25, 0.3) is 0 Å². The first kappa shape index (κ1) is 17.8. The number of imidazole rings is 1. The van der Waals surface area contributed by atoms with E-state index in [2.05, 4.69) is 23.0 Å². The summed E-state index contributed by atoms with van der Waals surface area (Å²) in [5, 5.41) is 9.55. The fraction of sp³-hybridized carbons (Fsp3) is 0.273. The number of aromatic amines is 1.